The predicted octanol–water partition coefficient (Wildman–Crippen LogP) is 2.81. The molecule has 0 fully saturated rings. The van der Waals surface area contributed by atoms with E-state index in [1.54, 1.807) is 0 Å². The third-order valence-corrected chi connectivity index (χ3v) is 2.92. The molecular weight excluding hydrogens is 222 g/mol. The Morgan fingerprint density at radius 1 is 1.06 bits per heavy atom. The van der Waals surface area contributed by atoms with E-state index >= 15 is 0 Å². The number of aryl methyl sites for hydroxylation is 1. The normalized spacial score (nSPS) is 10.3. The lowest BCUT2D eigenvalue weighted by Crippen LogP contribution is -2.37. The van der Waals surface area contributed by atoms with Crippen LogP contribution in [0.4, 0.5) is 0 Å². The number of rotatable bonds is 5. The second-order valence-corrected chi connectivity index (χ2v) is 4.42. The Balaban J connectivity index is 2.03. The second kappa shape index (κ2) is 6.10. The first-order valence-corrected chi connectivity index (χ1v) is 6.36. The van der Waals surface area contributed by atoms with Crippen molar-refractivity contribution in [2.24, 2.45) is 0 Å². The van der Waals surface area contributed by atoms with E-state index in [1.807, 2.05) is 47.3 Å². The van der Waals surface area contributed by atoms with Gasteiger partial charge in [-0.25, -0.2) is 0 Å². The summed E-state index contributed by atoms with van der Waals surface area (Å²) in [6.07, 6.45) is 6.19. The molecule has 0 aliphatic carbocycles. The van der Waals surface area contributed by atoms with E-state index in [9.17, 15) is 4.79 Å². The average molecular weight is 240 g/mol. The van der Waals surface area contributed by atoms with Crippen molar-refractivity contribution in [2.45, 2.75) is 26.3 Å². The van der Waals surface area contributed by atoms with Gasteiger partial charge in [0.15, 0.2) is 12.4 Å². The van der Waals surface area contributed by atoms with Gasteiger partial charge in [0.05, 0.1) is 0 Å². The molecule has 18 heavy (non-hydrogen) atoms. The maximum atomic E-state index is 12.0. The number of Topliss-reactive ketones (excluding diaryl/α,β-unsaturated/α-hetero) is 1. The van der Waals surface area contributed by atoms with Crippen molar-refractivity contribution in [3.8, 4) is 0 Å². The molecular formula is C16H18NO+. The van der Waals surface area contributed by atoms with Gasteiger partial charge in [-0.15, -0.1) is 0 Å². The largest absolute Gasteiger partial charge is 0.287 e. The maximum absolute atomic E-state index is 12.0. The molecule has 2 rings (SSSR count). The summed E-state index contributed by atoms with van der Waals surface area (Å²) in [5.74, 6) is 0.142. The number of carbonyl (C=O) groups is 1. The maximum Gasteiger partial charge on any atom is 0.227 e. The fourth-order valence-electron chi connectivity index (χ4n) is 1.93. The lowest BCUT2D eigenvalue weighted by atomic mass is 10.1. The van der Waals surface area contributed by atoms with Gasteiger partial charge in [0.1, 0.15) is 0 Å². The van der Waals surface area contributed by atoms with Crippen LogP contribution in [0.3, 0.4) is 0 Å². The van der Waals surface area contributed by atoms with Crippen molar-refractivity contribution < 1.29 is 9.36 Å². The van der Waals surface area contributed by atoms with Crippen molar-refractivity contribution in [1.82, 2.24) is 0 Å². The van der Waals surface area contributed by atoms with Crippen LogP contribution in [0, 0.1) is 0 Å². The zero-order valence-corrected chi connectivity index (χ0v) is 10.7. The molecule has 0 N–H and O–H groups in total. The number of hydrogen-bond donors (Lipinski definition) is 0. The highest BCUT2D eigenvalue weighted by atomic mass is 16.1. The molecule has 92 valence electrons. The van der Waals surface area contributed by atoms with Crippen LogP contribution in [-0.2, 0) is 13.0 Å². The molecule has 0 aliphatic heterocycles. The van der Waals surface area contributed by atoms with Crippen LogP contribution in [-0.4, -0.2) is 5.78 Å². The van der Waals surface area contributed by atoms with Gasteiger partial charge in [0, 0.05) is 17.7 Å². The fraction of sp³-hybridized carbons (Fsp3) is 0.250. The number of hydrogen-bond acceptors (Lipinski definition) is 1. The van der Waals surface area contributed by atoms with Crippen LogP contribution in [0.15, 0.2) is 54.9 Å². The van der Waals surface area contributed by atoms with E-state index in [4.69, 9.17) is 0 Å². The molecule has 0 spiro atoms. The van der Waals surface area contributed by atoms with Crippen molar-refractivity contribution in [2.75, 3.05) is 0 Å². The van der Waals surface area contributed by atoms with Gasteiger partial charge in [-0.2, -0.15) is 4.57 Å². The van der Waals surface area contributed by atoms with Crippen LogP contribution in [0.1, 0.15) is 29.3 Å². The molecule has 0 radical (unpaired) electrons. The first-order valence-electron chi connectivity index (χ1n) is 6.36. The SMILES string of the molecule is CCCc1cc[n+](CC(=O)c2ccccc2)cc1. The van der Waals surface area contributed by atoms with Gasteiger partial charge >= 0.3 is 0 Å². The number of benzene rings is 1. The highest BCUT2D eigenvalue weighted by molar-refractivity contribution is 5.94. The fourth-order valence-corrected chi connectivity index (χ4v) is 1.93. The minimum Gasteiger partial charge on any atom is -0.287 e. The van der Waals surface area contributed by atoms with Crippen LogP contribution in [0.5, 0.6) is 0 Å². The monoisotopic (exact) mass is 240 g/mol. The highest BCUT2D eigenvalue weighted by Crippen LogP contribution is 2.01. The minimum atomic E-state index is 0.142. The first-order chi connectivity index (χ1) is 8.79. The topological polar surface area (TPSA) is 20.9 Å². The number of nitrogens with zero attached hydrogens (tertiary/aromatic N) is 1. The molecule has 0 atom stereocenters. The van der Waals surface area contributed by atoms with Crippen molar-refractivity contribution in [1.29, 1.82) is 0 Å². The molecule has 1 aromatic heterocycles. The smallest absolute Gasteiger partial charge is 0.227 e. The Hall–Kier alpha value is -1.96. The lowest BCUT2D eigenvalue weighted by molar-refractivity contribution is -0.683. The van der Waals surface area contributed by atoms with Crippen molar-refractivity contribution >= 4 is 5.78 Å². The summed E-state index contributed by atoms with van der Waals surface area (Å²) in [6, 6.07) is 13.6. The molecule has 0 saturated heterocycles. The Bertz CT molecular complexity index is 502. The second-order valence-electron chi connectivity index (χ2n) is 4.42. The molecule has 2 nitrogen and oxygen atoms in total. The van der Waals surface area contributed by atoms with Gasteiger partial charge in [-0.05, 0) is 12.0 Å². The molecule has 0 unspecified atom stereocenters. The highest BCUT2D eigenvalue weighted by Gasteiger charge is 2.11. The number of ketones is 1. The van der Waals surface area contributed by atoms with E-state index < -0.39 is 0 Å². The summed E-state index contributed by atoms with van der Waals surface area (Å²) >= 11 is 0. The van der Waals surface area contributed by atoms with Gasteiger partial charge < -0.3 is 0 Å². The summed E-state index contributed by atoms with van der Waals surface area (Å²) in [4.78, 5) is 12.0. The van der Waals surface area contributed by atoms with Crippen molar-refractivity contribution in [3.05, 3.63) is 66.0 Å². The molecule has 1 aromatic carbocycles. The van der Waals surface area contributed by atoms with Crippen molar-refractivity contribution in [3.63, 3.8) is 0 Å². The van der Waals surface area contributed by atoms with Gasteiger partial charge in [-0.1, -0.05) is 43.7 Å². The Morgan fingerprint density at radius 2 is 1.72 bits per heavy atom. The number of carbonyl (C=O) groups excluding carboxylic acids is 1. The van der Waals surface area contributed by atoms with E-state index in [1.165, 1.54) is 5.56 Å². The van der Waals surface area contributed by atoms with E-state index in [0.29, 0.717) is 6.54 Å². The molecule has 0 saturated carbocycles. The van der Waals surface area contributed by atoms with Gasteiger partial charge in [-0.3, -0.25) is 4.79 Å². The van der Waals surface area contributed by atoms with E-state index in [-0.39, 0.29) is 5.78 Å². The summed E-state index contributed by atoms with van der Waals surface area (Å²) in [6.45, 7) is 2.57. The number of pyridine rings is 1. The third-order valence-electron chi connectivity index (χ3n) is 2.92. The summed E-state index contributed by atoms with van der Waals surface area (Å²) < 4.78 is 1.93. The molecule has 0 bridgehead atoms. The average Bonchev–Trinajstić information content (AvgIpc) is 2.42. The molecule has 0 aliphatic rings. The van der Waals surface area contributed by atoms with Gasteiger partial charge in [0.2, 0.25) is 12.3 Å². The molecule has 0 amide bonds. The molecule has 2 heteroatoms. The summed E-state index contributed by atoms with van der Waals surface area (Å²) in [5, 5.41) is 0. The van der Waals surface area contributed by atoms with Crippen LogP contribution < -0.4 is 4.57 Å². The standard InChI is InChI=1S/C16H18NO/c1-2-6-14-9-11-17(12-10-14)13-16(18)15-7-4-3-5-8-15/h3-5,7-12H,2,6,13H2,1H3/q+1. The van der Waals surface area contributed by atoms with Gasteiger partial charge in [0.25, 0.3) is 0 Å². The lowest BCUT2D eigenvalue weighted by Gasteiger charge is -1.99. The quantitative estimate of drug-likeness (QED) is 0.581. The Kier molecular flexibility index (Phi) is 4.24. The zero-order valence-electron chi connectivity index (χ0n) is 10.7. The van der Waals surface area contributed by atoms with E-state index in [2.05, 4.69) is 19.1 Å². The Morgan fingerprint density at radius 3 is 2.33 bits per heavy atom. The van der Waals surface area contributed by atoms with Crippen LogP contribution in [0.2, 0.25) is 0 Å². The van der Waals surface area contributed by atoms with Crippen LogP contribution >= 0.6 is 0 Å². The van der Waals surface area contributed by atoms with Crippen LogP contribution in [0.25, 0.3) is 0 Å². The minimum absolute atomic E-state index is 0.142. The number of aromatic nitrogens is 1. The summed E-state index contributed by atoms with van der Waals surface area (Å²) in [7, 11) is 0. The first kappa shape index (κ1) is 12.5. The van der Waals surface area contributed by atoms with E-state index in [0.717, 1.165) is 18.4 Å². The zero-order chi connectivity index (χ0) is 12.8. The third kappa shape index (κ3) is 3.27. The molecule has 1 heterocycles. The summed E-state index contributed by atoms with van der Waals surface area (Å²) in [5.41, 5.74) is 2.09. The Labute approximate surface area is 108 Å². The molecule has 2 aromatic rings. The predicted molar refractivity (Wildman–Crippen MR) is 71.4 cm³/mol.